The molecule has 1 rings (SSSR count). The molecule has 0 amide bonds. The molecular formula is C11H23NO2. The third-order valence-electron chi connectivity index (χ3n) is 3.23. The van der Waals surface area contributed by atoms with Crippen LogP contribution in [-0.2, 0) is 0 Å². The standard InChI is InChI=1S/C11H23NO2/c1-10(9-14)12(7-8-13)11-5-3-2-4-6-11/h10-11,13-14H,2-9H2,1H3. The Morgan fingerprint density at radius 1 is 1.21 bits per heavy atom. The van der Waals surface area contributed by atoms with E-state index in [1.807, 2.05) is 6.92 Å². The average Bonchev–Trinajstić information content (AvgIpc) is 2.26. The van der Waals surface area contributed by atoms with Gasteiger partial charge in [-0.05, 0) is 19.8 Å². The number of hydrogen-bond acceptors (Lipinski definition) is 3. The Morgan fingerprint density at radius 2 is 1.86 bits per heavy atom. The molecule has 0 heterocycles. The molecule has 84 valence electrons. The molecular weight excluding hydrogens is 178 g/mol. The van der Waals surface area contributed by atoms with Crippen molar-refractivity contribution in [1.29, 1.82) is 0 Å². The van der Waals surface area contributed by atoms with Crippen molar-refractivity contribution in [3.8, 4) is 0 Å². The summed E-state index contributed by atoms with van der Waals surface area (Å²) in [6, 6.07) is 0.767. The molecule has 2 N–H and O–H groups in total. The Bertz CT molecular complexity index is 146. The molecule has 0 aromatic rings. The first-order valence-electron chi connectivity index (χ1n) is 5.77. The Balaban J connectivity index is 2.46. The minimum Gasteiger partial charge on any atom is -0.395 e. The van der Waals surface area contributed by atoms with Crippen molar-refractivity contribution < 1.29 is 10.2 Å². The van der Waals surface area contributed by atoms with E-state index in [2.05, 4.69) is 4.90 Å². The van der Waals surface area contributed by atoms with Gasteiger partial charge < -0.3 is 10.2 Å². The fourth-order valence-electron chi connectivity index (χ4n) is 2.40. The number of aliphatic hydroxyl groups is 2. The number of rotatable bonds is 5. The summed E-state index contributed by atoms with van der Waals surface area (Å²) in [4.78, 5) is 2.26. The van der Waals surface area contributed by atoms with E-state index < -0.39 is 0 Å². The summed E-state index contributed by atoms with van der Waals surface area (Å²) < 4.78 is 0. The molecule has 1 aliphatic carbocycles. The smallest absolute Gasteiger partial charge is 0.0584 e. The maximum Gasteiger partial charge on any atom is 0.0584 e. The van der Waals surface area contributed by atoms with Crippen LogP contribution in [0.15, 0.2) is 0 Å². The first-order valence-corrected chi connectivity index (χ1v) is 5.77. The van der Waals surface area contributed by atoms with Crippen LogP contribution < -0.4 is 0 Å². The molecule has 0 aromatic carbocycles. The van der Waals surface area contributed by atoms with Gasteiger partial charge in [-0.2, -0.15) is 0 Å². The molecule has 3 nitrogen and oxygen atoms in total. The van der Waals surface area contributed by atoms with Crippen LogP contribution in [0.25, 0.3) is 0 Å². The summed E-state index contributed by atoms with van der Waals surface area (Å²) in [6.07, 6.45) is 6.39. The summed E-state index contributed by atoms with van der Waals surface area (Å²) in [5.41, 5.74) is 0. The zero-order valence-corrected chi connectivity index (χ0v) is 9.15. The molecule has 1 aliphatic rings. The molecule has 0 spiro atoms. The summed E-state index contributed by atoms with van der Waals surface area (Å²) in [7, 11) is 0. The van der Waals surface area contributed by atoms with Crippen molar-refractivity contribution in [3.63, 3.8) is 0 Å². The second-order valence-electron chi connectivity index (χ2n) is 4.28. The molecule has 0 saturated heterocycles. The fourth-order valence-corrected chi connectivity index (χ4v) is 2.40. The highest BCUT2D eigenvalue weighted by molar-refractivity contribution is 4.79. The molecule has 1 saturated carbocycles. The molecule has 0 aromatic heterocycles. The fraction of sp³-hybridized carbons (Fsp3) is 1.00. The first-order chi connectivity index (χ1) is 6.79. The zero-order valence-electron chi connectivity index (χ0n) is 9.15. The molecule has 1 unspecified atom stereocenters. The van der Waals surface area contributed by atoms with Crippen molar-refractivity contribution >= 4 is 0 Å². The third-order valence-corrected chi connectivity index (χ3v) is 3.23. The van der Waals surface area contributed by atoms with Crippen molar-refractivity contribution in [2.24, 2.45) is 0 Å². The van der Waals surface area contributed by atoms with E-state index in [0.29, 0.717) is 12.6 Å². The molecule has 3 heteroatoms. The summed E-state index contributed by atoms with van der Waals surface area (Å²) in [5, 5.41) is 18.1. The lowest BCUT2D eigenvalue weighted by Crippen LogP contribution is -2.45. The van der Waals surface area contributed by atoms with Gasteiger partial charge in [0.2, 0.25) is 0 Å². The van der Waals surface area contributed by atoms with E-state index in [4.69, 9.17) is 10.2 Å². The maximum atomic E-state index is 9.14. The number of nitrogens with zero attached hydrogens (tertiary/aromatic N) is 1. The average molecular weight is 201 g/mol. The predicted octanol–water partition coefficient (Wildman–Crippen LogP) is 0.994. The van der Waals surface area contributed by atoms with E-state index in [9.17, 15) is 0 Å². The highest BCUT2D eigenvalue weighted by atomic mass is 16.3. The Kier molecular flexibility index (Phi) is 5.45. The van der Waals surface area contributed by atoms with Crippen LogP contribution in [0, 0.1) is 0 Å². The largest absolute Gasteiger partial charge is 0.395 e. The highest BCUT2D eigenvalue weighted by Crippen LogP contribution is 2.23. The van der Waals surface area contributed by atoms with Gasteiger partial charge in [-0.25, -0.2) is 0 Å². The SMILES string of the molecule is CC(CO)N(CCO)C1CCCCC1. The monoisotopic (exact) mass is 201 g/mol. The number of aliphatic hydroxyl groups excluding tert-OH is 2. The van der Waals surface area contributed by atoms with E-state index in [1.165, 1.54) is 32.1 Å². The van der Waals surface area contributed by atoms with Crippen molar-refractivity contribution in [2.75, 3.05) is 19.8 Å². The topological polar surface area (TPSA) is 43.7 Å². The van der Waals surface area contributed by atoms with Crippen LogP contribution in [0.2, 0.25) is 0 Å². The van der Waals surface area contributed by atoms with Gasteiger partial charge in [0, 0.05) is 18.6 Å². The van der Waals surface area contributed by atoms with Gasteiger partial charge >= 0.3 is 0 Å². The van der Waals surface area contributed by atoms with Crippen LogP contribution in [0.4, 0.5) is 0 Å². The van der Waals surface area contributed by atoms with Gasteiger partial charge in [-0.1, -0.05) is 19.3 Å². The second-order valence-corrected chi connectivity index (χ2v) is 4.28. The quantitative estimate of drug-likeness (QED) is 0.697. The third kappa shape index (κ3) is 3.23. The first kappa shape index (κ1) is 12.0. The predicted molar refractivity (Wildman–Crippen MR) is 57.2 cm³/mol. The van der Waals surface area contributed by atoms with Crippen molar-refractivity contribution in [2.45, 2.75) is 51.1 Å². The van der Waals surface area contributed by atoms with Crippen molar-refractivity contribution in [3.05, 3.63) is 0 Å². The maximum absolute atomic E-state index is 9.14. The lowest BCUT2D eigenvalue weighted by atomic mass is 9.93. The van der Waals surface area contributed by atoms with Gasteiger partial charge in [0.15, 0.2) is 0 Å². The van der Waals surface area contributed by atoms with Gasteiger partial charge in [0.25, 0.3) is 0 Å². The summed E-state index contributed by atoms with van der Waals surface area (Å²) in [5.74, 6) is 0. The minimum absolute atomic E-state index is 0.185. The molecule has 0 radical (unpaired) electrons. The van der Waals surface area contributed by atoms with Crippen LogP contribution >= 0.6 is 0 Å². The minimum atomic E-state index is 0.185. The van der Waals surface area contributed by atoms with Gasteiger partial charge in [-0.15, -0.1) is 0 Å². The molecule has 1 atom stereocenters. The van der Waals surface area contributed by atoms with E-state index >= 15 is 0 Å². The number of hydrogen-bond donors (Lipinski definition) is 2. The van der Waals surface area contributed by atoms with Crippen molar-refractivity contribution in [1.82, 2.24) is 4.90 Å². The second kappa shape index (κ2) is 6.38. The van der Waals surface area contributed by atoms with E-state index in [1.54, 1.807) is 0 Å². The Morgan fingerprint density at radius 3 is 2.36 bits per heavy atom. The lowest BCUT2D eigenvalue weighted by molar-refractivity contribution is 0.0574. The lowest BCUT2D eigenvalue weighted by Gasteiger charge is -2.37. The van der Waals surface area contributed by atoms with Crippen LogP contribution in [0.5, 0.6) is 0 Å². The Hall–Kier alpha value is -0.120. The van der Waals surface area contributed by atoms with E-state index in [0.717, 1.165) is 0 Å². The van der Waals surface area contributed by atoms with Crippen LogP contribution in [0.1, 0.15) is 39.0 Å². The van der Waals surface area contributed by atoms with Gasteiger partial charge in [0.1, 0.15) is 0 Å². The molecule has 1 fully saturated rings. The zero-order chi connectivity index (χ0) is 10.4. The van der Waals surface area contributed by atoms with Crippen LogP contribution in [-0.4, -0.2) is 47.0 Å². The summed E-state index contributed by atoms with van der Waals surface area (Å²) in [6.45, 7) is 3.12. The normalized spacial score (nSPS) is 21.4. The van der Waals surface area contributed by atoms with E-state index in [-0.39, 0.29) is 19.3 Å². The van der Waals surface area contributed by atoms with Gasteiger partial charge in [0.05, 0.1) is 13.2 Å². The molecule has 14 heavy (non-hydrogen) atoms. The van der Waals surface area contributed by atoms with Crippen LogP contribution in [0.3, 0.4) is 0 Å². The molecule has 0 bridgehead atoms. The van der Waals surface area contributed by atoms with Gasteiger partial charge in [-0.3, -0.25) is 4.90 Å². The highest BCUT2D eigenvalue weighted by Gasteiger charge is 2.24. The summed E-state index contributed by atoms with van der Waals surface area (Å²) >= 11 is 0. The molecule has 0 aliphatic heterocycles. The Labute approximate surface area is 86.7 Å².